The third-order valence-electron chi connectivity index (χ3n) is 3.27. The van der Waals surface area contributed by atoms with Crippen molar-refractivity contribution in [1.82, 2.24) is 10.2 Å². The van der Waals surface area contributed by atoms with Gasteiger partial charge in [-0.1, -0.05) is 13.8 Å². The number of ether oxygens (including phenoxy) is 2. The fraction of sp³-hybridized carbons (Fsp3) is 0.941. The molecule has 132 valence electrons. The topological polar surface area (TPSA) is 50.8 Å². The Morgan fingerprint density at radius 1 is 1.14 bits per heavy atom. The van der Waals surface area contributed by atoms with Gasteiger partial charge in [-0.3, -0.25) is 0 Å². The minimum absolute atomic E-state index is 0.277. The summed E-state index contributed by atoms with van der Waals surface area (Å²) in [7, 11) is 1.64. The first-order valence-electron chi connectivity index (χ1n) is 8.36. The first kappa shape index (κ1) is 21.2. The van der Waals surface area contributed by atoms with Crippen LogP contribution in [0.15, 0.2) is 0 Å². The Hall–Kier alpha value is -0.810. The molecule has 0 bridgehead atoms. The summed E-state index contributed by atoms with van der Waals surface area (Å²) in [6.45, 7) is 14.8. The van der Waals surface area contributed by atoms with Crippen LogP contribution in [0.4, 0.5) is 4.79 Å². The largest absolute Gasteiger partial charge is 0.444 e. The molecule has 0 saturated heterocycles. The maximum Gasteiger partial charge on any atom is 0.410 e. The molecular weight excluding hydrogens is 280 g/mol. The molecule has 0 aliphatic heterocycles. The molecule has 0 aliphatic carbocycles. The highest BCUT2D eigenvalue weighted by molar-refractivity contribution is 5.68. The number of carbonyl (C=O) groups excluding carboxylic acids is 1. The van der Waals surface area contributed by atoms with Gasteiger partial charge in [0.1, 0.15) is 5.60 Å². The highest BCUT2D eigenvalue weighted by atomic mass is 16.6. The van der Waals surface area contributed by atoms with Gasteiger partial charge < -0.3 is 19.7 Å². The van der Waals surface area contributed by atoms with Crippen molar-refractivity contribution in [1.29, 1.82) is 0 Å². The summed E-state index contributed by atoms with van der Waals surface area (Å²) in [6, 6.07) is 0.463. The average molecular weight is 316 g/mol. The van der Waals surface area contributed by atoms with Crippen LogP contribution in [0.5, 0.6) is 0 Å². The summed E-state index contributed by atoms with van der Waals surface area (Å²) in [4.78, 5) is 13.9. The van der Waals surface area contributed by atoms with Gasteiger partial charge in [0, 0.05) is 32.8 Å². The molecule has 0 aliphatic rings. The smallest absolute Gasteiger partial charge is 0.410 e. The van der Waals surface area contributed by atoms with E-state index < -0.39 is 5.60 Å². The molecule has 0 spiro atoms. The van der Waals surface area contributed by atoms with E-state index in [9.17, 15) is 4.79 Å². The second-order valence-corrected chi connectivity index (χ2v) is 7.29. The van der Waals surface area contributed by atoms with E-state index in [1.54, 1.807) is 12.0 Å². The van der Waals surface area contributed by atoms with Crippen molar-refractivity contribution in [3.05, 3.63) is 0 Å². The van der Waals surface area contributed by atoms with E-state index in [1.807, 2.05) is 20.8 Å². The van der Waals surface area contributed by atoms with E-state index in [0.29, 0.717) is 25.7 Å². The van der Waals surface area contributed by atoms with Crippen molar-refractivity contribution >= 4 is 6.09 Å². The van der Waals surface area contributed by atoms with E-state index in [1.165, 1.54) is 6.42 Å². The van der Waals surface area contributed by atoms with Crippen molar-refractivity contribution in [2.24, 2.45) is 5.92 Å². The Morgan fingerprint density at radius 3 is 2.27 bits per heavy atom. The molecule has 0 radical (unpaired) electrons. The number of rotatable bonds is 10. The third-order valence-corrected chi connectivity index (χ3v) is 3.27. The maximum absolute atomic E-state index is 12.2. The minimum Gasteiger partial charge on any atom is -0.444 e. The van der Waals surface area contributed by atoms with Crippen molar-refractivity contribution in [3.63, 3.8) is 0 Å². The maximum atomic E-state index is 12.2. The van der Waals surface area contributed by atoms with Crippen LogP contribution in [0.2, 0.25) is 0 Å². The van der Waals surface area contributed by atoms with Gasteiger partial charge in [0.25, 0.3) is 0 Å². The number of hydrogen-bond donors (Lipinski definition) is 1. The number of methoxy groups -OCH3 is 1. The quantitative estimate of drug-likeness (QED) is 0.672. The summed E-state index contributed by atoms with van der Waals surface area (Å²) in [5.41, 5.74) is -0.472. The zero-order valence-corrected chi connectivity index (χ0v) is 15.6. The van der Waals surface area contributed by atoms with E-state index in [0.717, 1.165) is 18.9 Å². The van der Waals surface area contributed by atoms with Gasteiger partial charge in [-0.05, 0) is 46.5 Å². The zero-order chi connectivity index (χ0) is 17.2. The Kier molecular flexibility index (Phi) is 10.4. The first-order valence-corrected chi connectivity index (χ1v) is 8.36. The molecule has 0 fully saturated rings. The Bertz CT molecular complexity index is 301. The number of hydrogen-bond acceptors (Lipinski definition) is 4. The van der Waals surface area contributed by atoms with E-state index in [4.69, 9.17) is 9.47 Å². The lowest BCUT2D eigenvalue weighted by Crippen LogP contribution is -2.43. The second kappa shape index (κ2) is 10.8. The standard InChI is InChI=1S/C17H36N2O3/c1-14(2)8-9-15(3)18-10-11-19(12-13-21-7)16(20)22-17(4,5)6/h14-15,18H,8-13H2,1-7H3. The molecule has 1 amide bonds. The van der Waals surface area contributed by atoms with Gasteiger partial charge in [0.2, 0.25) is 0 Å². The highest BCUT2D eigenvalue weighted by Gasteiger charge is 2.21. The fourth-order valence-electron chi connectivity index (χ4n) is 1.95. The first-order chi connectivity index (χ1) is 10.2. The molecule has 1 N–H and O–H groups in total. The summed E-state index contributed by atoms with van der Waals surface area (Å²) >= 11 is 0. The van der Waals surface area contributed by atoms with Gasteiger partial charge in [-0.25, -0.2) is 4.79 Å². The van der Waals surface area contributed by atoms with Crippen LogP contribution < -0.4 is 5.32 Å². The summed E-state index contributed by atoms with van der Waals surface area (Å²) in [5.74, 6) is 0.726. The minimum atomic E-state index is -0.472. The van der Waals surface area contributed by atoms with E-state index in [2.05, 4.69) is 26.1 Å². The molecule has 5 nitrogen and oxygen atoms in total. The lowest BCUT2D eigenvalue weighted by Gasteiger charge is -2.28. The molecule has 0 heterocycles. The molecule has 0 aromatic heterocycles. The van der Waals surface area contributed by atoms with Crippen LogP contribution in [0.3, 0.4) is 0 Å². The highest BCUT2D eigenvalue weighted by Crippen LogP contribution is 2.10. The molecule has 0 aromatic carbocycles. The molecule has 1 unspecified atom stereocenters. The van der Waals surface area contributed by atoms with Crippen molar-refractivity contribution in [3.8, 4) is 0 Å². The number of amides is 1. The molecule has 1 atom stereocenters. The van der Waals surface area contributed by atoms with Gasteiger partial charge in [-0.2, -0.15) is 0 Å². The van der Waals surface area contributed by atoms with Crippen molar-refractivity contribution in [2.75, 3.05) is 33.4 Å². The van der Waals surface area contributed by atoms with Crippen LogP contribution in [0, 0.1) is 5.92 Å². The molecule has 0 aromatic rings. The normalized spacial score (nSPS) is 13.3. The lowest BCUT2D eigenvalue weighted by molar-refractivity contribution is 0.0203. The third kappa shape index (κ3) is 11.8. The van der Waals surface area contributed by atoms with E-state index >= 15 is 0 Å². The molecule has 22 heavy (non-hydrogen) atoms. The average Bonchev–Trinajstić information content (AvgIpc) is 2.38. The van der Waals surface area contributed by atoms with Gasteiger partial charge in [0.15, 0.2) is 0 Å². The van der Waals surface area contributed by atoms with Crippen LogP contribution in [0.1, 0.15) is 54.4 Å². The van der Waals surface area contributed by atoms with Crippen LogP contribution in [-0.2, 0) is 9.47 Å². The summed E-state index contributed by atoms with van der Waals surface area (Å²) < 4.78 is 10.5. The van der Waals surface area contributed by atoms with Crippen LogP contribution in [0.25, 0.3) is 0 Å². The molecule has 5 heteroatoms. The van der Waals surface area contributed by atoms with Gasteiger partial charge in [-0.15, -0.1) is 0 Å². The predicted octanol–water partition coefficient (Wildman–Crippen LogP) is 3.28. The van der Waals surface area contributed by atoms with Crippen LogP contribution >= 0.6 is 0 Å². The van der Waals surface area contributed by atoms with Crippen molar-refractivity contribution in [2.45, 2.75) is 66.0 Å². The monoisotopic (exact) mass is 316 g/mol. The molecule has 0 rings (SSSR count). The van der Waals surface area contributed by atoms with E-state index in [-0.39, 0.29) is 6.09 Å². The molecule has 0 saturated carbocycles. The number of carbonyl (C=O) groups is 1. The number of nitrogens with one attached hydrogen (secondary N) is 1. The molecular formula is C17H36N2O3. The Labute approximate surface area is 136 Å². The lowest BCUT2D eigenvalue weighted by atomic mass is 10.0. The van der Waals surface area contributed by atoms with Gasteiger partial charge in [0.05, 0.1) is 6.61 Å². The van der Waals surface area contributed by atoms with Gasteiger partial charge >= 0.3 is 6.09 Å². The Morgan fingerprint density at radius 2 is 1.77 bits per heavy atom. The van der Waals surface area contributed by atoms with Crippen LogP contribution in [-0.4, -0.2) is 56.0 Å². The predicted molar refractivity (Wildman–Crippen MR) is 91.2 cm³/mol. The summed E-state index contributed by atoms with van der Waals surface area (Å²) in [5, 5.41) is 3.47. The second-order valence-electron chi connectivity index (χ2n) is 7.29. The SMILES string of the molecule is COCCN(CCNC(C)CCC(C)C)C(=O)OC(C)(C)C. The fourth-order valence-corrected chi connectivity index (χ4v) is 1.95. The summed E-state index contributed by atoms with van der Waals surface area (Å²) in [6.07, 6.45) is 2.09. The van der Waals surface area contributed by atoms with Crippen molar-refractivity contribution < 1.29 is 14.3 Å². The zero-order valence-electron chi connectivity index (χ0n) is 15.6. The Balaban J connectivity index is 4.21. The number of nitrogens with zero attached hydrogens (tertiary/aromatic N) is 1.